The van der Waals surface area contributed by atoms with Crippen LogP contribution in [0.1, 0.15) is 71.8 Å². The van der Waals surface area contributed by atoms with E-state index in [1.807, 2.05) is 0 Å². The molecule has 0 bridgehead atoms. The Bertz CT molecular complexity index is 410. The zero-order valence-corrected chi connectivity index (χ0v) is 12.8. The van der Waals surface area contributed by atoms with E-state index in [0.717, 1.165) is 12.4 Å². The van der Waals surface area contributed by atoms with E-state index in [4.69, 9.17) is 0 Å². The van der Waals surface area contributed by atoms with Crippen LogP contribution in [0.15, 0.2) is 0 Å². The molecule has 1 saturated carbocycles. The van der Waals surface area contributed by atoms with Crippen LogP contribution in [-0.4, -0.2) is 26.8 Å². The summed E-state index contributed by atoms with van der Waals surface area (Å²) >= 11 is 0. The van der Waals surface area contributed by atoms with Gasteiger partial charge in [0.25, 0.3) is 0 Å². The van der Waals surface area contributed by atoms with Gasteiger partial charge in [-0.05, 0) is 48.1 Å². The highest BCUT2D eigenvalue weighted by atomic mass is 15.6. The van der Waals surface area contributed by atoms with Crippen LogP contribution in [-0.2, 0) is 0 Å². The molecular weight excluding hydrogens is 238 g/mol. The highest BCUT2D eigenvalue weighted by molar-refractivity contribution is 4.97. The molecule has 1 aliphatic rings. The van der Waals surface area contributed by atoms with Gasteiger partial charge in [0.05, 0.1) is 12.1 Å². The summed E-state index contributed by atoms with van der Waals surface area (Å²) in [6, 6.07) is 0.634. The van der Waals surface area contributed by atoms with Gasteiger partial charge in [-0.2, -0.15) is 0 Å². The third-order valence-electron chi connectivity index (χ3n) is 4.23. The molecule has 0 saturated heterocycles. The number of tetrazole rings is 1. The average Bonchev–Trinajstić information content (AvgIpc) is 2.91. The lowest BCUT2D eigenvalue weighted by molar-refractivity contribution is 0.231. The minimum Gasteiger partial charge on any atom is -0.307 e. The highest BCUT2D eigenvalue weighted by Crippen LogP contribution is 2.45. The maximum absolute atomic E-state index is 4.26. The van der Waals surface area contributed by atoms with Crippen LogP contribution in [0.2, 0.25) is 0 Å². The summed E-state index contributed by atoms with van der Waals surface area (Å²) in [6.07, 6.45) is 3.71. The summed E-state index contributed by atoms with van der Waals surface area (Å²) in [5.41, 5.74) is 0.294. The van der Waals surface area contributed by atoms with Crippen molar-refractivity contribution in [1.82, 2.24) is 25.5 Å². The second-order valence-electron chi connectivity index (χ2n) is 6.90. The maximum atomic E-state index is 4.26. The van der Waals surface area contributed by atoms with Gasteiger partial charge in [0, 0.05) is 0 Å². The minimum atomic E-state index is 0.203. The third-order valence-corrected chi connectivity index (χ3v) is 4.23. The molecule has 2 atom stereocenters. The lowest BCUT2D eigenvalue weighted by Crippen LogP contribution is -2.30. The molecule has 2 unspecified atom stereocenters. The van der Waals surface area contributed by atoms with Crippen LogP contribution in [0.5, 0.6) is 0 Å². The van der Waals surface area contributed by atoms with Gasteiger partial charge in [0.15, 0.2) is 5.82 Å². The molecule has 1 N–H and O–H groups in total. The van der Waals surface area contributed by atoms with E-state index in [-0.39, 0.29) is 6.04 Å². The zero-order chi connectivity index (χ0) is 14.0. The number of nitrogens with one attached hydrogen (secondary N) is 1. The minimum absolute atomic E-state index is 0.203. The van der Waals surface area contributed by atoms with Crippen LogP contribution in [0, 0.1) is 11.3 Å². The lowest BCUT2D eigenvalue weighted by Gasteiger charge is -2.28. The van der Waals surface area contributed by atoms with E-state index in [0.29, 0.717) is 17.4 Å². The molecule has 1 fully saturated rings. The fourth-order valence-corrected chi connectivity index (χ4v) is 2.97. The molecule has 1 aromatic heterocycles. The Labute approximate surface area is 116 Å². The summed E-state index contributed by atoms with van der Waals surface area (Å²) in [7, 11) is 0. The summed E-state index contributed by atoms with van der Waals surface area (Å²) in [4.78, 5) is 0. The molecule has 0 amide bonds. The van der Waals surface area contributed by atoms with E-state index < -0.39 is 0 Å². The first kappa shape index (κ1) is 14.4. The SMILES string of the molecule is CC(C)CNC(C)c1nnnn1C1CCCC1(C)C. The van der Waals surface area contributed by atoms with Gasteiger partial charge in [0.1, 0.15) is 0 Å². The predicted octanol–water partition coefficient (Wildman–Crippen LogP) is 2.73. The Balaban J connectivity index is 2.13. The Morgan fingerprint density at radius 1 is 1.37 bits per heavy atom. The van der Waals surface area contributed by atoms with Crippen LogP contribution in [0.25, 0.3) is 0 Å². The van der Waals surface area contributed by atoms with Crippen LogP contribution >= 0.6 is 0 Å². The Morgan fingerprint density at radius 3 is 2.68 bits per heavy atom. The molecule has 5 nitrogen and oxygen atoms in total. The van der Waals surface area contributed by atoms with E-state index in [1.165, 1.54) is 19.3 Å². The van der Waals surface area contributed by atoms with Gasteiger partial charge in [-0.3, -0.25) is 0 Å². The summed E-state index contributed by atoms with van der Waals surface area (Å²) in [5, 5.41) is 15.9. The summed E-state index contributed by atoms with van der Waals surface area (Å²) in [6.45, 7) is 12.2. The van der Waals surface area contributed by atoms with Gasteiger partial charge in [0.2, 0.25) is 0 Å². The standard InChI is InChI=1S/C14H27N5/c1-10(2)9-15-11(3)13-16-17-18-19(13)12-7-6-8-14(12,4)5/h10-12,15H,6-9H2,1-5H3. The van der Waals surface area contributed by atoms with Gasteiger partial charge in [-0.25, -0.2) is 4.68 Å². The lowest BCUT2D eigenvalue weighted by atomic mass is 9.87. The fourth-order valence-electron chi connectivity index (χ4n) is 2.97. The van der Waals surface area contributed by atoms with Crippen molar-refractivity contribution in [2.75, 3.05) is 6.54 Å². The van der Waals surface area contributed by atoms with Crippen molar-refractivity contribution >= 4 is 0 Å². The largest absolute Gasteiger partial charge is 0.307 e. The van der Waals surface area contributed by atoms with E-state index in [1.54, 1.807) is 0 Å². The summed E-state index contributed by atoms with van der Waals surface area (Å²) in [5.74, 6) is 1.61. The van der Waals surface area contributed by atoms with Crippen molar-refractivity contribution in [3.8, 4) is 0 Å². The second-order valence-corrected chi connectivity index (χ2v) is 6.90. The molecule has 0 radical (unpaired) electrons. The Hall–Kier alpha value is -0.970. The summed E-state index contributed by atoms with van der Waals surface area (Å²) < 4.78 is 2.06. The predicted molar refractivity (Wildman–Crippen MR) is 75.7 cm³/mol. The topological polar surface area (TPSA) is 55.6 Å². The molecular formula is C14H27N5. The molecule has 0 spiro atoms. The van der Waals surface area contributed by atoms with Gasteiger partial charge in [-0.15, -0.1) is 5.10 Å². The monoisotopic (exact) mass is 265 g/mol. The van der Waals surface area contributed by atoms with Crippen molar-refractivity contribution < 1.29 is 0 Å². The number of aromatic nitrogens is 4. The molecule has 1 heterocycles. The number of hydrogen-bond acceptors (Lipinski definition) is 4. The van der Waals surface area contributed by atoms with Crippen molar-refractivity contribution in [3.63, 3.8) is 0 Å². The van der Waals surface area contributed by atoms with Gasteiger partial charge >= 0.3 is 0 Å². The van der Waals surface area contributed by atoms with Crippen molar-refractivity contribution in [2.24, 2.45) is 11.3 Å². The molecule has 0 aromatic carbocycles. The van der Waals surface area contributed by atoms with Crippen LogP contribution < -0.4 is 5.32 Å². The Kier molecular flexibility index (Phi) is 4.23. The third kappa shape index (κ3) is 3.14. The smallest absolute Gasteiger partial charge is 0.168 e. The second kappa shape index (κ2) is 5.57. The molecule has 5 heteroatoms. The van der Waals surface area contributed by atoms with E-state index >= 15 is 0 Å². The first-order valence-electron chi connectivity index (χ1n) is 7.43. The zero-order valence-electron chi connectivity index (χ0n) is 12.8. The first-order valence-corrected chi connectivity index (χ1v) is 7.43. The molecule has 1 aliphatic carbocycles. The molecule has 2 rings (SSSR count). The van der Waals surface area contributed by atoms with Crippen molar-refractivity contribution in [1.29, 1.82) is 0 Å². The van der Waals surface area contributed by atoms with Crippen molar-refractivity contribution in [3.05, 3.63) is 5.82 Å². The van der Waals surface area contributed by atoms with Crippen molar-refractivity contribution in [2.45, 2.75) is 66.0 Å². The Morgan fingerprint density at radius 2 is 2.11 bits per heavy atom. The molecule has 0 aliphatic heterocycles. The molecule has 1 aromatic rings. The quantitative estimate of drug-likeness (QED) is 0.889. The van der Waals surface area contributed by atoms with Gasteiger partial charge in [-0.1, -0.05) is 34.1 Å². The van der Waals surface area contributed by atoms with E-state index in [9.17, 15) is 0 Å². The normalized spacial score (nSPS) is 24.0. The van der Waals surface area contributed by atoms with Gasteiger partial charge < -0.3 is 5.32 Å². The van der Waals surface area contributed by atoms with Crippen LogP contribution in [0.3, 0.4) is 0 Å². The average molecular weight is 265 g/mol. The van der Waals surface area contributed by atoms with E-state index in [2.05, 4.69) is 60.1 Å². The number of rotatable bonds is 5. The molecule has 19 heavy (non-hydrogen) atoms. The van der Waals surface area contributed by atoms with Crippen LogP contribution in [0.4, 0.5) is 0 Å². The first-order chi connectivity index (χ1) is 8.92. The molecule has 108 valence electrons. The highest BCUT2D eigenvalue weighted by Gasteiger charge is 2.38. The fraction of sp³-hybridized carbons (Fsp3) is 0.929. The number of hydrogen-bond donors (Lipinski definition) is 1. The maximum Gasteiger partial charge on any atom is 0.168 e. The number of nitrogens with zero attached hydrogens (tertiary/aromatic N) is 4.